The van der Waals surface area contributed by atoms with Crippen molar-refractivity contribution < 1.29 is 58.2 Å². The average Bonchev–Trinajstić information content (AvgIpc) is 3.39. The molecule has 0 aliphatic carbocycles. The Morgan fingerprint density at radius 1 is 0.453 bits per heavy atom. The van der Waals surface area contributed by atoms with Gasteiger partial charge in [0, 0.05) is 6.42 Å². The molecule has 0 aromatic rings. The first-order valence-electron chi connectivity index (χ1n) is 28.5. The second kappa shape index (κ2) is 50.0. The van der Waals surface area contributed by atoms with Crippen LogP contribution in [0.4, 0.5) is 0 Å². The molecule has 0 spiro atoms. The smallest absolute Gasteiger partial charge is 0.335 e. The lowest BCUT2D eigenvalue weighted by atomic mass is 9.98. The Morgan fingerprint density at radius 2 is 0.827 bits per heavy atom. The van der Waals surface area contributed by atoms with E-state index < -0.39 is 67.3 Å². The molecule has 12 heteroatoms. The molecule has 1 heterocycles. The lowest BCUT2D eigenvalue weighted by Crippen LogP contribution is -2.61. The number of hydrogen-bond donors (Lipinski definition) is 3. The summed E-state index contributed by atoms with van der Waals surface area (Å²) >= 11 is 0. The SMILES string of the molecule is CC/C=C\C/C=C\C/C=C\C/C=C\C/C=C\CC(=O)OCC(COC1OC(C(=O)O)C(O)C(O)C1OC(=O)C/C=C\C/C=C\C/C=C\C/C=C\C/C=C\CC)OC(=O)CCCCCCCCCCCCCCCCC. The number of aliphatic carboxylic acids is 1. The molecule has 1 saturated heterocycles. The van der Waals surface area contributed by atoms with E-state index in [0.717, 1.165) is 70.6 Å². The molecule has 1 aliphatic rings. The van der Waals surface area contributed by atoms with Crippen LogP contribution in [0, 0.1) is 0 Å². The predicted octanol–water partition coefficient (Wildman–Crippen LogP) is 14.4. The lowest BCUT2D eigenvalue weighted by molar-refractivity contribution is -0.301. The largest absolute Gasteiger partial charge is 0.479 e. The van der Waals surface area contributed by atoms with Crippen LogP contribution in [-0.2, 0) is 42.9 Å². The molecule has 1 aliphatic heterocycles. The van der Waals surface area contributed by atoms with Crippen LogP contribution in [0.15, 0.2) is 122 Å². The Morgan fingerprint density at radius 3 is 1.23 bits per heavy atom. The molecule has 3 N–H and O–H groups in total. The van der Waals surface area contributed by atoms with E-state index in [-0.39, 0.29) is 25.9 Å². The molecule has 0 saturated carbocycles. The maximum atomic E-state index is 13.1. The number of carboxylic acids is 1. The fourth-order valence-electron chi connectivity index (χ4n) is 7.81. The van der Waals surface area contributed by atoms with Gasteiger partial charge in [0.1, 0.15) is 18.8 Å². The topological polar surface area (TPSA) is 175 Å². The quantitative estimate of drug-likeness (QED) is 0.0228. The molecule has 0 amide bonds. The van der Waals surface area contributed by atoms with Crippen molar-refractivity contribution in [2.45, 2.75) is 237 Å². The van der Waals surface area contributed by atoms with Gasteiger partial charge in [0.2, 0.25) is 0 Å². The van der Waals surface area contributed by atoms with Gasteiger partial charge < -0.3 is 39.0 Å². The van der Waals surface area contributed by atoms with Crippen LogP contribution in [0.1, 0.15) is 201 Å². The van der Waals surface area contributed by atoms with Crippen molar-refractivity contribution in [1.82, 2.24) is 0 Å². The Labute approximate surface area is 452 Å². The fourth-order valence-corrected chi connectivity index (χ4v) is 7.81. The van der Waals surface area contributed by atoms with E-state index in [1.54, 1.807) is 18.2 Å². The van der Waals surface area contributed by atoms with Crippen LogP contribution in [0.3, 0.4) is 0 Å². The minimum absolute atomic E-state index is 0.0276. The monoisotopic (exact) mass is 1050 g/mol. The van der Waals surface area contributed by atoms with Gasteiger partial charge in [-0.3, -0.25) is 14.4 Å². The summed E-state index contributed by atoms with van der Waals surface area (Å²) in [5.74, 6) is -3.46. The number of carboxylic acid groups (broad SMARTS) is 1. The van der Waals surface area contributed by atoms with Crippen LogP contribution in [0.5, 0.6) is 0 Å². The van der Waals surface area contributed by atoms with Crippen LogP contribution >= 0.6 is 0 Å². The highest BCUT2D eigenvalue weighted by Crippen LogP contribution is 2.26. The number of carbonyl (C=O) groups excluding carboxylic acids is 3. The molecule has 75 heavy (non-hydrogen) atoms. The molecule has 12 nitrogen and oxygen atoms in total. The highest BCUT2D eigenvalue weighted by molar-refractivity contribution is 5.74. The number of aliphatic hydroxyl groups excluding tert-OH is 2. The zero-order chi connectivity index (χ0) is 54.7. The average molecular weight is 1050 g/mol. The predicted molar refractivity (Wildman–Crippen MR) is 303 cm³/mol. The number of esters is 3. The minimum atomic E-state index is -1.95. The van der Waals surface area contributed by atoms with Gasteiger partial charge in [-0.25, -0.2) is 4.79 Å². The fraction of sp³-hybridized carbons (Fsp3) is 0.619. The van der Waals surface area contributed by atoms with Gasteiger partial charge in [-0.15, -0.1) is 0 Å². The van der Waals surface area contributed by atoms with E-state index >= 15 is 0 Å². The molecule has 6 unspecified atom stereocenters. The minimum Gasteiger partial charge on any atom is -0.479 e. The van der Waals surface area contributed by atoms with Gasteiger partial charge in [-0.1, -0.05) is 232 Å². The first-order chi connectivity index (χ1) is 36.6. The van der Waals surface area contributed by atoms with E-state index in [1.807, 2.05) is 24.3 Å². The standard InChI is InChI=1S/C63H98O12/c1-4-7-10-13-16-19-22-25-28-31-34-37-40-43-46-49-55(64)71-52-54(73-56(65)50-47-44-41-38-35-32-29-26-23-20-17-14-11-8-5-2)53-72-63-61(59(68)58(67)60(75-63)62(69)70)74-57(66)51-48-45-42-39-36-33-30-27-24-21-18-15-12-9-6-3/h7,9-10,12,16,18-19,21,25,27-28,30,34,36-37,39,43,45-46,48,54,58-61,63,67-68H,4-6,8,11,13-15,17,20,22-24,26,29,31-33,35,38,40-42,44,47,49-53H2,1-3H3,(H,69,70)/b10-7-,12-9-,19-16-,21-18-,28-25-,30-27-,37-34-,39-36-,46-43-,48-45-. The lowest BCUT2D eigenvalue weighted by Gasteiger charge is -2.40. The van der Waals surface area contributed by atoms with E-state index in [0.29, 0.717) is 19.3 Å². The maximum Gasteiger partial charge on any atom is 0.335 e. The Hall–Kier alpha value is -4.88. The molecule has 1 rings (SSSR count). The number of hydrogen-bond acceptors (Lipinski definition) is 11. The Bertz CT molecular complexity index is 1770. The van der Waals surface area contributed by atoms with Gasteiger partial charge in [0.15, 0.2) is 24.6 Å². The molecule has 422 valence electrons. The first-order valence-corrected chi connectivity index (χ1v) is 28.5. The number of allylic oxidation sites excluding steroid dienone is 18. The number of carbonyl (C=O) groups is 4. The highest BCUT2D eigenvalue weighted by atomic mass is 16.7. The van der Waals surface area contributed by atoms with Gasteiger partial charge in [-0.2, -0.15) is 0 Å². The first kappa shape index (κ1) is 68.1. The normalized spacial score (nSPS) is 19.1. The summed E-state index contributed by atoms with van der Waals surface area (Å²) in [5.41, 5.74) is 0. The van der Waals surface area contributed by atoms with E-state index in [2.05, 4.69) is 99.8 Å². The second-order valence-electron chi connectivity index (χ2n) is 18.9. The molecule has 0 bridgehead atoms. The number of ether oxygens (including phenoxy) is 5. The maximum absolute atomic E-state index is 13.1. The zero-order valence-electron chi connectivity index (χ0n) is 46.2. The van der Waals surface area contributed by atoms with Crippen molar-refractivity contribution in [3.8, 4) is 0 Å². The molecule has 1 fully saturated rings. The van der Waals surface area contributed by atoms with Gasteiger partial charge in [0.25, 0.3) is 0 Å². The summed E-state index contributed by atoms with van der Waals surface area (Å²) in [6, 6.07) is 0. The van der Waals surface area contributed by atoms with Crippen molar-refractivity contribution in [3.63, 3.8) is 0 Å². The number of unbranched alkanes of at least 4 members (excludes halogenated alkanes) is 14. The molecule has 0 aromatic heterocycles. The summed E-state index contributed by atoms with van der Waals surface area (Å²) in [6.45, 7) is 5.62. The third kappa shape index (κ3) is 40.1. The third-order valence-electron chi connectivity index (χ3n) is 12.1. The van der Waals surface area contributed by atoms with Gasteiger partial charge in [0.05, 0.1) is 19.4 Å². The van der Waals surface area contributed by atoms with E-state index in [1.165, 1.54) is 70.6 Å². The molecule has 6 atom stereocenters. The van der Waals surface area contributed by atoms with Gasteiger partial charge >= 0.3 is 23.9 Å². The van der Waals surface area contributed by atoms with Crippen LogP contribution in [0.25, 0.3) is 0 Å². The van der Waals surface area contributed by atoms with Crippen molar-refractivity contribution in [1.29, 1.82) is 0 Å². The van der Waals surface area contributed by atoms with Crippen molar-refractivity contribution in [2.75, 3.05) is 13.2 Å². The zero-order valence-corrected chi connectivity index (χ0v) is 46.2. The Kier molecular flexibility index (Phi) is 45.4. The summed E-state index contributed by atoms with van der Waals surface area (Å²) in [5, 5.41) is 31.4. The summed E-state index contributed by atoms with van der Waals surface area (Å²) in [4.78, 5) is 50.9. The molecule has 0 aromatic carbocycles. The van der Waals surface area contributed by atoms with Crippen molar-refractivity contribution in [2.24, 2.45) is 0 Å². The molecular weight excluding hydrogens is 949 g/mol. The highest BCUT2D eigenvalue weighted by Gasteiger charge is 2.50. The second-order valence-corrected chi connectivity index (χ2v) is 18.9. The van der Waals surface area contributed by atoms with Crippen LogP contribution in [0.2, 0.25) is 0 Å². The van der Waals surface area contributed by atoms with Crippen molar-refractivity contribution in [3.05, 3.63) is 122 Å². The molecule has 0 radical (unpaired) electrons. The van der Waals surface area contributed by atoms with E-state index in [9.17, 15) is 34.5 Å². The molecular formula is C63H98O12. The van der Waals surface area contributed by atoms with Gasteiger partial charge in [-0.05, 0) is 70.6 Å². The summed E-state index contributed by atoms with van der Waals surface area (Å²) in [6.07, 6.45) is 56.6. The number of aliphatic hydroxyl groups is 2. The van der Waals surface area contributed by atoms with Crippen molar-refractivity contribution >= 4 is 23.9 Å². The summed E-state index contributed by atoms with van der Waals surface area (Å²) in [7, 11) is 0. The third-order valence-corrected chi connectivity index (χ3v) is 12.1. The Balaban J connectivity index is 2.81. The van der Waals surface area contributed by atoms with Crippen LogP contribution in [-0.4, -0.2) is 89.2 Å². The number of rotatable bonds is 46. The van der Waals surface area contributed by atoms with E-state index in [4.69, 9.17) is 23.7 Å². The summed E-state index contributed by atoms with van der Waals surface area (Å²) < 4.78 is 28.1. The van der Waals surface area contributed by atoms with Crippen LogP contribution < -0.4 is 0 Å².